The number of hydrogen-bond donors (Lipinski definition) is 1. The fourth-order valence-electron chi connectivity index (χ4n) is 0.764. The van der Waals surface area contributed by atoms with Crippen molar-refractivity contribution in [3.63, 3.8) is 0 Å². The lowest BCUT2D eigenvalue weighted by molar-refractivity contribution is -0.111. The van der Waals surface area contributed by atoms with Crippen molar-refractivity contribution < 1.29 is 4.79 Å². The number of hydrogen-bond acceptors (Lipinski definition) is 2. The lowest BCUT2D eigenvalue weighted by Crippen LogP contribution is -2.09. The van der Waals surface area contributed by atoms with Gasteiger partial charge < -0.3 is 5.73 Å². The molecule has 0 fully saturated rings. The van der Waals surface area contributed by atoms with E-state index in [9.17, 15) is 4.79 Å². The van der Waals surface area contributed by atoms with Crippen molar-refractivity contribution >= 4 is 5.78 Å². The average molecular weight is 135 g/mol. The Kier molecular flexibility index (Phi) is 1.45. The summed E-state index contributed by atoms with van der Waals surface area (Å²) in [5.74, 6) is -0.0232. The van der Waals surface area contributed by atoms with Gasteiger partial charge in [0.05, 0.1) is 0 Å². The van der Waals surface area contributed by atoms with Crippen LogP contribution >= 0.6 is 0 Å². The molecule has 0 heterocycles. The van der Waals surface area contributed by atoms with E-state index in [-0.39, 0.29) is 5.78 Å². The topological polar surface area (TPSA) is 43.1 Å². The first-order chi connectivity index (χ1) is 4.61. The van der Waals surface area contributed by atoms with E-state index in [2.05, 4.69) is 6.58 Å². The molecule has 0 saturated heterocycles. The van der Waals surface area contributed by atoms with Crippen LogP contribution in [0.3, 0.4) is 0 Å². The minimum Gasteiger partial charge on any atom is -0.398 e. The van der Waals surface area contributed by atoms with Crippen molar-refractivity contribution in [2.75, 3.05) is 0 Å². The second kappa shape index (κ2) is 2.14. The number of carbonyl (C=O) groups excluding carboxylic acids is 1. The molecule has 0 aromatic carbocycles. The van der Waals surface area contributed by atoms with Crippen molar-refractivity contribution in [3.05, 3.63) is 35.6 Å². The molecule has 2 heteroatoms. The molecule has 1 rings (SSSR count). The van der Waals surface area contributed by atoms with Crippen molar-refractivity contribution in [3.8, 4) is 0 Å². The number of rotatable bonds is 0. The molecular weight excluding hydrogens is 126 g/mol. The van der Waals surface area contributed by atoms with E-state index in [1.807, 2.05) is 0 Å². The van der Waals surface area contributed by atoms with Gasteiger partial charge in [-0.3, -0.25) is 4.79 Å². The summed E-state index contributed by atoms with van der Waals surface area (Å²) in [6, 6.07) is 0. The largest absolute Gasteiger partial charge is 0.398 e. The van der Waals surface area contributed by atoms with Crippen LogP contribution in [0.1, 0.15) is 6.92 Å². The normalized spacial score (nSPS) is 18.5. The molecule has 0 spiro atoms. The maximum absolute atomic E-state index is 10.9. The summed E-state index contributed by atoms with van der Waals surface area (Å²) in [6.45, 7) is 5.40. The minimum atomic E-state index is -0.0232. The number of ketones is 1. The number of carbonyl (C=O) groups is 1. The molecule has 0 saturated carbocycles. The maximum atomic E-state index is 10.9. The highest BCUT2D eigenvalue weighted by molar-refractivity contribution is 6.06. The average Bonchev–Trinajstić information content (AvgIpc) is 1.84. The summed E-state index contributed by atoms with van der Waals surface area (Å²) in [5.41, 5.74) is 7.31. The van der Waals surface area contributed by atoms with E-state index >= 15 is 0 Å². The van der Waals surface area contributed by atoms with Crippen molar-refractivity contribution in [1.29, 1.82) is 0 Å². The Morgan fingerprint density at radius 3 is 2.60 bits per heavy atom. The van der Waals surface area contributed by atoms with Crippen LogP contribution in [0, 0.1) is 0 Å². The molecule has 0 amide bonds. The van der Waals surface area contributed by atoms with Crippen LogP contribution in [0.2, 0.25) is 0 Å². The molecular formula is C8H9NO. The fraction of sp³-hybridized carbons (Fsp3) is 0.125. The van der Waals surface area contributed by atoms with Crippen LogP contribution in [0.25, 0.3) is 0 Å². The lowest BCUT2D eigenvalue weighted by atomic mass is 10.0. The van der Waals surface area contributed by atoms with Gasteiger partial charge in [0.1, 0.15) is 0 Å². The molecule has 10 heavy (non-hydrogen) atoms. The molecule has 0 aromatic heterocycles. The monoisotopic (exact) mass is 135 g/mol. The summed E-state index contributed by atoms with van der Waals surface area (Å²) in [6.07, 6.45) is 3.09. The Bertz CT molecular complexity index is 230. The zero-order valence-corrected chi connectivity index (χ0v) is 5.85. The Hall–Kier alpha value is -1.31. The third-order valence-corrected chi connectivity index (χ3v) is 1.44. The van der Waals surface area contributed by atoms with Crippen LogP contribution < -0.4 is 5.73 Å². The van der Waals surface area contributed by atoms with Gasteiger partial charge in [0.25, 0.3) is 0 Å². The fourth-order valence-corrected chi connectivity index (χ4v) is 0.764. The number of nitrogens with two attached hydrogens (primary N) is 1. The Morgan fingerprint density at radius 2 is 2.10 bits per heavy atom. The van der Waals surface area contributed by atoms with Gasteiger partial charge >= 0.3 is 0 Å². The van der Waals surface area contributed by atoms with Gasteiger partial charge in [0.2, 0.25) is 0 Å². The van der Waals surface area contributed by atoms with Crippen LogP contribution in [-0.2, 0) is 4.79 Å². The van der Waals surface area contributed by atoms with E-state index in [0.717, 1.165) is 5.57 Å². The Labute approximate surface area is 59.7 Å². The number of allylic oxidation sites excluding steroid dienone is 3. The van der Waals surface area contributed by atoms with Crippen molar-refractivity contribution in [1.82, 2.24) is 0 Å². The maximum Gasteiger partial charge on any atom is 0.183 e. The predicted molar refractivity (Wildman–Crippen MR) is 40.2 cm³/mol. The molecule has 2 nitrogen and oxygen atoms in total. The van der Waals surface area contributed by atoms with Crippen LogP contribution in [0.4, 0.5) is 0 Å². The summed E-state index contributed by atoms with van der Waals surface area (Å²) >= 11 is 0. The second-order valence-corrected chi connectivity index (χ2v) is 2.32. The zero-order valence-electron chi connectivity index (χ0n) is 5.85. The van der Waals surface area contributed by atoms with Crippen LogP contribution in [-0.4, -0.2) is 5.78 Å². The Morgan fingerprint density at radius 1 is 1.50 bits per heavy atom. The van der Waals surface area contributed by atoms with E-state index in [0.29, 0.717) is 11.3 Å². The molecule has 1 aliphatic rings. The highest BCUT2D eigenvalue weighted by atomic mass is 16.1. The van der Waals surface area contributed by atoms with E-state index in [1.54, 1.807) is 13.0 Å². The van der Waals surface area contributed by atoms with Gasteiger partial charge in [-0.05, 0) is 24.1 Å². The molecule has 2 N–H and O–H groups in total. The van der Waals surface area contributed by atoms with E-state index in [1.165, 1.54) is 6.08 Å². The summed E-state index contributed by atoms with van der Waals surface area (Å²) in [4.78, 5) is 10.9. The lowest BCUT2D eigenvalue weighted by Gasteiger charge is -2.07. The molecule has 0 radical (unpaired) electrons. The molecule has 0 unspecified atom stereocenters. The molecule has 0 bridgehead atoms. The highest BCUT2D eigenvalue weighted by Crippen LogP contribution is 2.13. The second-order valence-electron chi connectivity index (χ2n) is 2.32. The van der Waals surface area contributed by atoms with Crippen LogP contribution in [0.15, 0.2) is 35.6 Å². The van der Waals surface area contributed by atoms with E-state index in [4.69, 9.17) is 5.73 Å². The zero-order chi connectivity index (χ0) is 7.72. The van der Waals surface area contributed by atoms with Gasteiger partial charge in [0.15, 0.2) is 5.78 Å². The third kappa shape index (κ3) is 1.00. The Balaban J connectivity index is 3.03. The van der Waals surface area contributed by atoms with Gasteiger partial charge in [-0.1, -0.05) is 6.58 Å². The predicted octanol–water partition coefficient (Wildman–Crippen LogP) is 0.914. The first-order valence-electron chi connectivity index (χ1n) is 3.00. The molecule has 0 aliphatic heterocycles. The molecule has 0 atom stereocenters. The smallest absolute Gasteiger partial charge is 0.183 e. The van der Waals surface area contributed by atoms with Gasteiger partial charge in [-0.15, -0.1) is 0 Å². The highest BCUT2D eigenvalue weighted by Gasteiger charge is 2.09. The summed E-state index contributed by atoms with van der Waals surface area (Å²) in [7, 11) is 0. The molecule has 0 aromatic rings. The minimum absolute atomic E-state index is 0.0232. The van der Waals surface area contributed by atoms with Gasteiger partial charge in [0, 0.05) is 11.8 Å². The van der Waals surface area contributed by atoms with Crippen molar-refractivity contribution in [2.24, 2.45) is 5.73 Å². The first kappa shape index (κ1) is 6.81. The third-order valence-electron chi connectivity index (χ3n) is 1.44. The van der Waals surface area contributed by atoms with E-state index < -0.39 is 0 Å². The standard InChI is InChI=1S/C8H9NO/c1-5-3-6(2)8(10)4-7(5)9/h3-4H,1,9H2,2H3. The quantitative estimate of drug-likeness (QED) is 0.536. The molecule has 1 aliphatic carbocycles. The SMILES string of the molecule is C=C1C=C(C)C(=O)C=C1N. The summed E-state index contributed by atoms with van der Waals surface area (Å²) in [5, 5.41) is 0. The van der Waals surface area contributed by atoms with Gasteiger partial charge in [-0.2, -0.15) is 0 Å². The van der Waals surface area contributed by atoms with Crippen molar-refractivity contribution in [2.45, 2.75) is 6.92 Å². The first-order valence-corrected chi connectivity index (χ1v) is 3.00. The summed E-state index contributed by atoms with van der Waals surface area (Å²) < 4.78 is 0. The molecule has 52 valence electrons. The van der Waals surface area contributed by atoms with Crippen LogP contribution in [0.5, 0.6) is 0 Å². The van der Waals surface area contributed by atoms with Gasteiger partial charge in [-0.25, -0.2) is 0 Å².